The molecule has 0 spiro atoms. The van der Waals surface area contributed by atoms with Gasteiger partial charge in [-0.3, -0.25) is 0 Å². The summed E-state index contributed by atoms with van der Waals surface area (Å²) in [7, 11) is 1.66. The lowest BCUT2D eigenvalue weighted by molar-refractivity contribution is 0.177. The van der Waals surface area contributed by atoms with Crippen LogP contribution in [0.3, 0.4) is 0 Å². The first-order valence-corrected chi connectivity index (χ1v) is 9.43. The number of aromatic nitrogens is 4. The summed E-state index contributed by atoms with van der Waals surface area (Å²) in [6, 6.07) is 0.282. The van der Waals surface area contributed by atoms with E-state index in [4.69, 9.17) is 9.73 Å². The van der Waals surface area contributed by atoms with E-state index in [9.17, 15) is 0 Å². The topological polar surface area (TPSA) is 89.2 Å². The molecule has 2 N–H and O–H groups in total. The third-order valence-corrected chi connectivity index (χ3v) is 5.01. The minimum Gasteiger partial charge on any atom is -0.377 e. The van der Waals surface area contributed by atoms with Crippen molar-refractivity contribution < 1.29 is 4.74 Å². The highest BCUT2D eigenvalue weighted by atomic mass is 32.1. The van der Waals surface area contributed by atoms with Gasteiger partial charge in [-0.2, -0.15) is 5.10 Å². The molecule has 1 atom stereocenters. The van der Waals surface area contributed by atoms with E-state index in [-0.39, 0.29) is 6.04 Å². The van der Waals surface area contributed by atoms with Crippen LogP contribution in [-0.2, 0) is 30.9 Å². The molecule has 9 heteroatoms. The first kappa shape index (κ1) is 17.8. The minimum absolute atomic E-state index is 0.282. The number of hydrogen-bond donors (Lipinski definition) is 2. The highest BCUT2D eigenvalue weighted by Gasteiger charge is 2.22. The number of rotatable bonds is 6. The van der Waals surface area contributed by atoms with Crippen LogP contribution in [-0.4, -0.2) is 45.4 Å². The average molecular weight is 363 g/mol. The quantitative estimate of drug-likeness (QED) is 0.593. The van der Waals surface area contributed by atoms with Crippen LogP contribution in [0.15, 0.2) is 10.5 Å². The Kier molecular flexibility index (Phi) is 5.98. The van der Waals surface area contributed by atoms with E-state index in [0.29, 0.717) is 13.2 Å². The second-order valence-electron chi connectivity index (χ2n) is 6.00. The molecule has 1 aliphatic heterocycles. The molecule has 3 heterocycles. The highest BCUT2D eigenvalue weighted by Crippen LogP contribution is 2.15. The average Bonchev–Trinajstić information content (AvgIpc) is 3.18. The van der Waals surface area contributed by atoms with Crippen LogP contribution in [0.25, 0.3) is 0 Å². The lowest BCUT2D eigenvalue weighted by atomic mass is 10.1. The molecule has 1 aliphatic rings. The number of guanidine groups is 1. The Labute approximate surface area is 151 Å². The van der Waals surface area contributed by atoms with Crippen LogP contribution in [0.1, 0.15) is 35.6 Å². The lowest BCUT2D eigenvalue weighted by Gasteiger charge is -2.25. The molecule has 2 aromatic heterocycles. The molecule has 1 unspecified atom stereocenters. The molecule has 0 fully saturated rings. The summed E-state index contributed by atoms with van der Waals surface area (Å²) >= 11 is 1.65. The predicted molar refractivity (Wildman–Crippen MR) is 97.6 cm³/mol. The maximum atomic E-state index is 5.12. The van der Waals surface area contributed by atoms with Crippen LogP contribution < -0.4 is 10.6 Å². The third kappa shape index (κ3) is 4.55. The third-order valence-electron chi connectivity index (χ3n) is 4.09. The van der Waals surface area contributed by atoms with Crippen LogP contribution >= 0.6 is 11.3 Å². The van der Waals surface area contributed by atoms with Gasteiger partial charge in [0.15, 0.2) is 11.8 Å². The van der Waals surface area contributed by atoms with Gasteiger partial charge in [-0.05, 0) is 20.3 Å². The summed E-state index contributed by atoms with van der Waals surface area (Å²) in [5.74, 6) is 2.62. The molecule has 0 amide bonds. The van der Waals surface area contributed by atoms with E-state index in [1.165, 1.54) is 4.88 Å². The molecule has 2 aromatic rings. The molecular formula is C16H25N7OS. The number of ether oxygens (including phenoxy) is 1. The van der Waals surface area contributed by atoms with Gasteiger partial charge in [0.05, 0.1) is 24.3 Å². The Bertz CT molecular complexity index is 724. The molecule has 25 heavy (non-hydrogen) atoms. The summed E-state index contributed by atoms with van der Waals surface area (Å²) in [6.45, 7) is 6.81. The summed E-state index contributed by atoms with van der Waals surface area (Å²) in [5.41, 5.74) is 2.92. The van der Waals surface area contributed by atoms with E-state index in [0.717, 1.165) is 49.2 Å². The van der Waals surface area contributed by atoms with E-state index in [2.05, 4.69) is 32.6 Å². The highest BCUT2D eigenvalue weighted by molar-refractivity contribution is 7.09. The van der Waals surface area contributed by atoms with Gasteiger partial charge >= 0.3 is 0 Å². The monoisotopic (exact) mass is 363 g/mol. The molecule has 0 bridgehead atoms. The van der Waals surface area contributed by atoms with Gasteiger partial charge in [-0.15, -0.1) is 11.3 Å². The van der Waals surface area contributed by atoms with E-state index in [1.54, 1.807) is 18.4 Å². The fourth-order valence-electron chi connectivity index (χ4n) is 2.81. The first-order valence-electron chi connectivity index (χ1n) is 8.55. The number of aryl methyl sites for hydroxylation is 2. The van der Waals surface area contributed by atoms with Crippen molar-refractivity contribution in [2.24, 2.45) is 4.99 Å². The zero-order valence-corrected chi connectivity index (χ0v) is 15.8. The first-order chi connectivity index (χ1) is 12.2. The van der Waals surface area contributed by atoms with Gasteiger partial charge in [0.2, 0.25) is 0 Å². The second-order valence-corrected chi connectivity index (χ2v) is 6.93. The Morgan fingerprint density at radius 3 is 3.12 bits per heavy atom. The molecule has 0 aromatic carbocycles. The number of aliphatic imine (C=N–C) groups is 1. The maximum absolute atomic E-state index is 5.12. The fraction of sp³-hybridized carbons (Fsp3) is 0.625. The normalized spacial score (nSPS) is 17.4. The van der Waals surface area contributed by atoms with E-state index < -0.39 is 0 Å². The van der Waals surface area contributed by atoms with Crippen molar-refractivity contribution in [3.63, 3.8) is 0 Å². The van der Waals surface area contributed by atoms with Gasteiger partial charge < -0.3 is 15.4 Å². The van der Waals surface area contributed by atoms with Crippen molar-refractivity contribution in [2.75, 3.05) is 13.7 Å². The van der Waals surface area contributed by atoms with Crippen LogP contribution in [0.5, 0.6) is 0 Å². The van der Waals surface area contributed by atoms with Crippen molar-refractivity contribution in [1.29, 1.82) is 0 Å². The number of nitrogens with one attached hydrogen (secondary N) is 2. The van der Waals surface area contributed by atoms with Gasteiger partial charge in [0, 0.05) is 31.0 Å². The Morgan fingerprint density at radius 2 is 2.40 bits per heavy atom. The zero-order valence-electron chi connectivity index (χ0n) is 14.9. The van der Waals surface area contributed by atoms with E-state index in [1.807, 2.05) is 17.1 Å². The van der Waals surface area contributed by atoms with Crippen molar-refractivity contribution in [2.45, 2.75) is 52.4 Å². The van der Waals surface area contributed by atoms with Gasteiger partial charge in [0.1, 0.15) is 12.4 Å². The maximum Gasteiger partial charge on any atom is 0.191 e. The smallest absolute Gasteiger partial charge is 0.191 e. The van der Waals surface area contributed by atoms with Crippen molar-refractivity contribution >= 4 is 17.3 Å². The van der Waals surface area contributed by atoms with Gasteiger partial charge in [-0.1, -0.05) is 0 Å². The minimum atomic E-state index is 0.282. The van der Waals surface area contributed by atoms with Crippen LogP contribution in [0.4, 0.5) is 0 Å². The lowest BCUT2D eigenvalue weighted by Crippen LogP contribution is -2.47. The Morgan fingerprint density at radius 1 is 1.52 bits per heavy atom. The number of nitrogens with zero attached hydrogens (tertiary/aromatic N) is 5. The summed E-state index contributed by atoms with van der Waals surface area (Å²) in [5, 5.41) is 11.4. The van der Waals surface area contributed by atoms with E-state index >= 15 is 0 Å². The Balaban J connectivity index is 1.63. The summed E-state index contributed by atoms with van der Waals surface area (Å²) in [4.78, 5) is 14.7. The van der Waals surface area contributed by atoms with Crippen LogP contribution in [0, 0.1) is 6.92 Å². The van der Waals surface area contributed by atoms with Crippen molar-refractivity contribution in [3.05, 3.63) is 27.7 Å². The molecule has 136 valence electrons. The second kappa shape index (κ2) is 8.39. The van der Waals surface area contributed by atoms with Crippen molar-refractivity contribution in [3.8, 4) is 0 Å². The SMILES string of the molecule is CCNC(=NCc1scnc1C)NC1CCc2nc(COC)nn2C1. The number of thiazole rings is 1. The largest absolute Gasteiger partial charge is 0.377 e. The summed E-state index contributed by atoms with van der Waals surface area (Å²) < 4.78 is 7.10. The molecule has 3 rings (SSSR count). The number of methoxy groups -OCH3 is 1. The fourth-order valence-corrected chi connectivity index (χ4v) is 3.51. The predicted octanol–water partition coefficient (Wildman–Crippen LogP) is 1.26. The Hall–Kier alpha value is -2.00. The molecule has 0 aliphatic carbocycles. The standard InChI is InChI=1S/C16H25N7OS/c1-4-17-16(18-7-13-11(2)19-10-25-13)20-12-5-6-15-21-14(9-24-3)22-23(15)8-12/h10,12H,4-9H2,1-3H3,(H2,17,18,20). The molecule has 0 saturated carbocycles. The molecular weight excluding hydrogens is 338 g/mol. The molecule has 8 nitrogen and oxygen atoms in total. The van der Waals surface area contributed by atoms with Crippen LogP contribution in [0.2, 0.25) is 0 Å². The number of hydrogen-bond acceptors (Lipinski definition) is 6. The molecule has 0 saturated heterocycles. The van der Waals surface area contributed by atoms with Gasteiger partial charge in [0.25, 0.3) is 0 Å². The molecule has 0 radical (unpaired) electrons. The zero-order chi connectivity index (χ0) is 17.6. The van der Waals surface area contributed by atoms with Gasteiger partial charge in [-0.25, -0.2) is 19.6 Å². The summed E-state index contributed by atoms with van der Waals surface area (Å²) in [6.07, 6.45) is 1.91. The van der Waals surface area contributed by atoms with Crippen molar-refractivity contribution in [1.82, 2.24) is 30.4 Å². The number of fused-ring (bicyclic) bond motifs is 1.